The zero-order valence-corrected chi connectivity index (χ0v) is 14.5. The van der Waals surface area contributed by atoms with Gasteiger partial charge in [0.1, 0.15) is 0 Å². The number of hydrogen-bond acceptors (Lipinski definition) is 1. The Labute approximate surface area is 127 Å². The van der Waals surface area contributed by atoms with Gasteiger partial charge in [-0.15, -0.1) is 0 Å². The Kier molecular flexibility index (Phi) is 7.58. The SMILES string of the molecule is CCCCCCCCC1(O)CCC(C(C)(C)CC)CC1. The van der Waals surface area contributed by atoms with Crippen molar-refractivity contribution in [2.45, 2.75) is 110 Å². The molecule has 1 fully saturated rings. The van der Waals surface area contributed by atoms with Crippen LogP contribution in [0.2, 0.25) is 0 Å². The van der Waals surface area contributed by atoms with Gasteiger partial charge in [0.25, 0.3) is 0 Å². The first-order valence-corrected chi connectivity index (χ1v) is 9.16. The van der Waals surface area contributed by atoms with Gasteiger partial charge in [-0.05, 0) is 43.4 Å². The summed E-state index contributed by atoms with van der Waals surface area (Å²) in [5, 5.41) is 10.7. The molecule has 1 aliphatic rings. The van der Waals surface area contributed by atoms with Crippen LogP contribution in [0.3, 0.4) is 0 Å². The lowest BCUT2D eigenvalue weighted by atomic mass is 9.65. The van der Waals surface area contributed by atoms with Crippen LogP contribution in [0.1, 0.15) is 105 Å². The van der Waals surface area contributed by atoms with Gasteiger partial charge in [0.2, 0.25) is 0 Å². The quantitative estimate of drug-likeness (QED) is 0.507. The van der Waals surface area contributed by atoms with E-state index in [1.807, 2.05) is 0 Å². The average Bonchev–Trinajstić information content (AvgIpc) is 2.43. The maximum atomic E-state index is 10.7. The Bertz CT molecular complexity index is 248. The molecule has 0 heterocycles. The van der Waals surface area contributed by atoms with Crippen molar-refractivity contribution in [3.05, 3.63) is 0 Å². The van der Waals surface area contributed by atoms with Crippen molar-refractivity contribution < 1.29 is 5.11 Å². The minimum atomic E-state index is -0.328. The van der Waals surface area contributed by atoms with Gasteiger partial charge in [-0.3, -0.25) is 0 Å². The fourth-order valence-electron chi connectivity index (χ4n) is 3.71. The Balaban J connectivity index is 2.21. The number of rotatable bonds is 9. The molecule has 0 aromatic heterocycles. The number of aliphatic hydroxyl groups is 1. The summed E-state index contributed by atoms with van der Waals surface area (Å²) < 4.78 is 0. The molecule has 20 heavy (non-hydrogen) atoms. The standard InChI is InChI=1S/C19H38O/c1-5-7-8-9-10-11-14-19(20)15-12-17(13-16-19)18(3,4)6-2/h17,20H,5-16H2,1-4H3. The smallest absolute Gasteiger partial charge is 0.0648 e. The molecule has 0 radical (unpaired) electrons. The molecule has 0 spiro atoms. The summed E-state index contributed by atoms with van der Waals surface area (Å²) in [5.74, 6) is 0.817. The summed E-state index contributed by atoms with van der Waals surface area (Å²) in [7, 11) is 0. The molecule has 1 N–H and O–H groups in total. The van der Waals surface area contributed by atoms with Crippen LogP contribution in [-0.4, -0.2) is 10.7 Å². The molecule has 1 rings (SSSR count). The van der Waals surface area contributed by atoms with E-state index in [1.54, 1.807) is 0 Å². The molecule has 120 valence electrons. The molecule has 0 bridgehead atoms. The largest absolute Gasteiger partial charge is 0.390 e. The molecule has 1 saturated carbocycles. The minimum absolute atomic E-state index is 0.328. The third-order valence-corrected chi connectivity index (χ3v) is 5.93. The molecule has 0 saturated heterocycles. The van der Waals surface area contributed by atoms with E-state index in [-0.39, 0.29) is 5.60 Å². The highest BCUT2D eigenvalue weighted by atomic mass is 16.3. The van der Waals surface area contributed by atoms with Crippen molar-refractivity contribution in [2.24, 2.45) is 11.3 Å². The van der Waals surface area contributed by atoms with Gasteiger partial charge >= 0.3 is 0 Å². The zero-order chi connectivity index (χ0) is 15.1. The van der Waals surface area contributed by atoms with Crippen molar-refractivity contribution in [3.63, 3.8) is 0 Å². The first-order valence-electron chi connectivity index (χ1n) is 9.16. The van der Waals surface area contributed by atoms with E-state index in [0.717, 1.165) is 25.2 Å². The van der Waals surface area contributed by atoms with Gasteiger partial charge in [-0.2, -0.15) is 0 Å². The maximum absolute atomic E-state index is 10.7. The molecule has 0 aliphatic heterocycles. The van der Waals surface area contributed by atoms with Crippen LogP contribution in [0.4, 0.5) is 0 Å². The lowest BCUT2D eigenvalue weighted by molar-refractivity contribution is -0.0357. The van der Waals surface area contributed by atoms with Crippen LogP contribution in [-0.2, 0) is 0 Å². The van der Waals surface area contributed by atoms with Crippen molar-refractivity contribution in [1.29, 1.82) is 0 Å². The topological polar surface area (TPSA) is 20.2 Å². The Morgan fingerprint density at radius 3 is 2.05 bits per heavy atom. The van der Waals surface area contributed by atoms with Crippen molar-refractivity contribution in [3.8, 4) is 0 Å². The molecular weight excluding hydrogens is 244 g/mol. The van der Waals surface area contributed by atoms with Crippen molar-refractivity contribution in [2.75, 3.05) is 0 Å². The van der Waals surface area contributed by atoms with Crippen LogP contribution >= 0.6 is 0 Å². The molecule has 0 aromatic carbocycles. The fourth-order valence-corrected chi connectivity index (χ4v) is 3.71. The monoisotopic (exact) mass is 282 g/mol. The minimum Gasteiger partial charge on any atom is -0.390 e. The van der Waals surface area contributed by atoms with Gasteiger partial charge in [0.05, 0.1) is 5.60 Å². The second kappa shape index (κ2) is 8.41. The molecule has 1 heteroatoms. The van der Waals surface area contributed by atoms with E-state index in [2.05, 4.69) is 27.7 Å². The number of hydrogen-bond donors (Lipinski definition) is 1. The molecule has 0 unspecified atom stereocenters. The molecule has 1 nitrogen and oxygen atoms in total. The average molecular weight is 283 g/mol. The third kappa shape index (κ3) is 5.76. The fraction of sp³-hybridized carbons (Fsp3) is 1.00. The summed E-state index contributed by atoms with van der Waals surface area (Å²) in [4.78, 5) is 0. The molecule has 0 amide bonds. The molecular formula is C19H38O. The summed E-state index contributed by atoms with van der Waals surface area (Å²) in [6.45, 7) is 9.36. The first kappa shape index (κ1) is 18.0. The predicted molar refractivity (Wildman–Crippen MR) is 89.0 cm³/mol. The zero-order valence-electron chi connectivity index (χ0n) is 14.5. The van der Waals surface area contributed by atoms with Gasteiger partial charge in [-0.1, -0.05) is 72.6 Å². The second-order valence-corrected chi connectivity index (χ2v) is 7.86. The normalized spacial score (nSPS) is 27.8. The number of unbranched alkanes of at least 4 members (excludes halogenated alkanes) is 5. The van der Waals surface area contributed by atoms with Gasteiger partial charge < -0.3 is 5.11 Å². The van der Waals surface area contributed by atoms with E-state index in [4.69, 9.17) is 0 Å². The van der Waals surface area contributed by atoms with Crippen molar-refractivity contribution in [1.82, 2.24) is 0 Å². The van der Waals surface area contributed by atoms with E-state index in [1.165, 1.54) is 57.8 Å². The molecule has 0 atom stereocenters. The summed E-state index contributed by atoms with van der Waals surface area (Å²) >= 11 is 0. The highest BCUT2D eigenvalue weighted by Gasteiger charge is 2.37. The van der Waals surface area contributed by atoms with Gasteiger partial charge in [-0.25, -0.2) is 0 Å². The van der Waals surface area contributed by atoms with E-state index < -0.39 is 0 Å². The van der Waals surface area contributed by atoms with Gasteiger partial charge in [0.15, 0.2) is 0 Å². The second-order valence-electron chi connectivity index (χ2n) is 7.86. The lowest BCUT2D eigenvalue weighted by Gasteiger charge is -2.42. The van der Waals surface area contributed by atoms with Crippen LogP contribution in [0.5, 0.6) is 0 Å². The Morgan fingerprint density at radius 2 is 1.50 bits per heavy atom. The van der Waals surface area contributed by atoms with E-state index in [0.29, 0.717) is 5.41 Å². The predicted octanol–water partition coefficient (Wildman–Crippen LogP) is 6.09. The first-order chi connectivity index (χ1) is 9.43. The summed E-state index contributed by atoms with van der Waals surface area (Å²) in [5.41, 5.74) is 0.132. The van der Waals surface area contributed by atoms with Crippen molar-refractivity contribution >= 4 is 0 Å². The van der Waals surface area contributed by atoms with Gasteiger partial charge in [0, 0.05) is 0 Å². The van der Waals surface area contributed by atoms with Crippen LogP contribution in [0, 0.1) is 11.3 Å². The molecule has 0 aromatic rings. The Morgan fingerprint density at radius 1 is 0.950 bits per heavy atom. The Hall–Kier alpha value is -0.0400. The summed E-state index contributed by atoms with van der Waals surface area (Å²) in [6, 6.07) is 0. The van der Waals surface area contributed by atoms with Crippen LogP contribution in [0.25, 0.3) is 0 Å². The van der Waals surface area contributed by atoms with E-state index >= 15 is 0 Å². The maximum Gasteiger partial charge on any atom is 0.0648 e. The van der Waals surface area contributed by atoms with E-state index in [9.17, 15) is 5.11 Å². The van der Waals surface area contributed by atoms with Crippen LogP contribution < -0.4 is 0 Å². The molecule has 1 aliphatic carbocycles. The third-order valence-electron chi connectivity index (χ3n) is 5.93. The van der Waals surface area contributed by atoms with Crippen LogP contribution in [0.15, 0.2) is 0 Å². The highest BCUT2D eigenvalue weighted by molar-refractivity contribution is 4.90. The highest BCUT2D eigenvalue weighted by Crippen LogP contribution is 2.44. The summed E-state index contributed by atoms with van der Waals surface area (Å²) in [6.07, 6.45) is 14.8. The lowest BCUT2D eigenvalue weighted by Crippen LogP contribution is -2.38.